The summed E-state index contributed by atoms with van der Waals surface area (Å²) < 4.78 is 47.7. The average molecular weight is 418 g/mol. The predicted molar refractivity (Wildman–Crippen MR) is 115 cm³/mol. The highest BCUT2D eigenvalue weighted by atomic mass is 19.2. The van der Waals surface area contributed by atoms with Crippen LogP contribution in [0, 0.1) is 0 Å². The molecular formula is C25H29F3O2. The minimum absolute atomic E-state index is 0.0166. The lowest BCUT2D eigenvalue weighted by molar-refractivity contribution is 0.0389. The second-order valence-electron chi connectivity index (χ2n) is 7.30. The smallest absolute Gasteiger partial charge is 0.338 e. The van der Waals surface area contributed by atoms with Crippen LogP contribution in [0.3, 0.4) is 0 Å². The van der Waals surface area contributed by atoms with Crippen molar-refractivity contribution in [1.82, 2.24) is 0 Å². The van der Waals surface area contributed by atoms with Crippen LogP contribution in [0.25, 0.3) is 11.7 Å². The molecule has 0 saturated carbocycles. The van der Waals surface area contributed by atoms with E-state index in [4.69, 9.17) is 4.74 Å². The van der Waals surface area contributed by atoms with E-state index in [1.807, 2.05) is 6.92 Å². The molecule has 0 saturated heterocycles. The van der Waals surface area contributed by atoms with Gasteiger partial charge in [-0.1, -0.05) is 75.9 Å². The van der Waals surface area contributed by atoms with E-state index in [0.29, 0.717) is 6.42 Å². The van der Waals surface area contributed by atoms with Gasteiger partial charge in [-0.25, -0.2) is 18.0 Å². The first-order valence-electron chi connectivity index (χ1n) is 10.5. The minimum Gasteiger partial charge on any atom is -0.459 e. The van der Waals surface area contributed by atoms with Crippen molar-refractivity contribution in [1.29, 1.82) is 0 Å². The lowest BCUT2D eigenvalue weighted by Crippen LogP contribution is -2.15. The number of hydrogen-bond acceptors (Lipinski definition) is 2. The Bertz CT molecular complexity index is 826. The normalized spacial score (nSPS) is 13.0. The van der Waals surface area contributed by atoms with Gasteiger partial charge in [0.1, 0.15) is 12.8 Å². The van der Waals surface area contributed by atoms with Gasteiger partial charge in [-0.15, -0.1) is 0 Å². The van der Waals surface area contributed by atoms with E-state index in [1.165, 1.54) is 36.4 Å². The van der Waals surface area contributed by atoms with Crippen molar-refractivity contribution in [2.75, 3.05) is 6.61 Å². The molecule has 0 aromatic heterocycles. The maximum Gasteiger partial charge on any atom is 0.338 e. The van der Waals surface area contributed by atoms with Crippen molar-refractivity contribution >= 4 is 17.6 Å². The van der Waals surface area contributed by atoms with Gasteiger partial charge in [0, 0.05) is 11.1 Å². The Balaban J connectivity index is 1.95. The minimum atomic E-state index is -1.20. The van der Waals surface area contributed by atoms with Crippen LogP contribution in [-0.4, -0.2) is 18.7 Å². The fourth-order valence-corrected chi connectivity index (χ4v) is 3.02. The van der Waals surface area contributed by atoms with E-state index in [2.05, 4.69) is 6.92 Å². The molecule has 0 radical (unpaired) electrons. The third-order valence-electron chi connectivity index (χ3n) is 4.95. The zero-order valence-electron chi connectivity index (χ0n) is 17.6. The average Bonchev–Trinajstić information content (AvgIpc) is 2.79. The van der Waals surface area contributed by atoms with Crippen molar-refractivity contribution in [3.8, 4) is 0 Å². The number of carbonyl (C=O) groups is 1. The molecular weight excluding hydrogens is 389 g/mol. The first kappa shape index (κ1) is 23.7. The molecule has 0 N–H and O–H groups in total. The summed E-state index contributed by atoms with van der Waals surface area (Å²) in [4.78, 5) is 12.1. The number of esters is 1. The van der Waals surface area contributed by atoms with Gasteiger partial charge < -0.3 is 4.74 Å². The first-order valence-corrected chi connectivity index (χ1v) is 10.5. The van der Waals surface area contributed by atoms with Crippen molar-refractivity contribution in [3.05, 3.63) is 70.8 Å². The van der Waals surface area contributed by atoms with E-state index in [0.717, 1.165) is 37.7 Å². The Morgan fingerprint density at radius 3 is 1.90 bits per heavy atom. The van der Waals surface area contributed by atoms with Gasteiger partial charge in [0.15, 0.2) is 11.7 Å². The van der Waals surface area contributed by atoms with Gasteiger partial charge in [0.2, 0.25) is 0 Å². The number of unbranched alkanes of at least 4 members (excludes halogenated alkanes) is 3. The fourth-order valence-electron chi connectivity index (χ4n) is 3.02. The van der Waals surface area contributed by atoms with E-state index < -0.39 is 23.8 Å². The largest absolute Gasteiger partial charge is 0.459 e. The summed E-state index contributed by atoms with van der Waals surface area (Å²) in [5.41, 5.74) is 1.37. The number of hydrogen-bond donors (Lipinski definition) is 0. The molecule has 2 aromatic rings. The molecule has 2 aromatic carbocycles. The monoisotopic (exact) mass is 418 g/mol. The van der Waals surface area contributed by atoms with Crippen LogP contribution >= 0.6 is 0 Å². The molecule has 0 aliphatic carbocycles. The molecule has 2 rings (SSSR count). The zero-order valence-corrected chi connectivity index (χ0v) is 17.6. The molecule has 0 bridgehead atoms. The Labute approximate surface area is 176 Å². The van der Waals surface area contributed by atoms with Crippen LogP contribution < -0.4 is 0 Å². The topological polar surface area (TPSA) is 26.3 Å². The molecule has 2 nitrogen and oxygen atoms in total. The lowest BCUT2D eigenvalue weighted by Gasteiger charge is -2.10. The number of halogens is 3. The summed E-state index contributed by atoms with van der Waals surface area (Å²) in [6.07, 6.45) is 3.85. The fraction of sp³-hybridized carbons (Fsp3) is 0.400. The number of rotatable bonds is 11. The van der Waals surface area contributed by atoms with Crippen LogP contribution in [-0.2, 0) is 11.2 Å². The van der Waals surface area contributed by atoms with Crippen LogP contribution in [0.4, 0.5) is 13.2 Å². The molecule has 0 unspecified atom stereocenters. The van der Waals surface area contributed by atoms with Gasteiger partial charge in [0.25, 0.3) is 0 Å². The molecule has 0 amide bonds. The van der Waals surface area contributed by atoms with Crippen molar-refractivity contribution < 1.29 is 22.7 Å². The summed E-state index contributed by atoms with van der Waals surface area (Å²) in [5, 5.41) is 0. The molecule has 5 heteroatoms. The molecule has 162 valence electrons. The Morgan fingerprint density at radius 1 is 0.833 bits per heavy atom. The quantitative estimate of drug-likeness (QED) is 0.215. The van der Waals surface area contributed by atoms with E-state index >= 15 is 0 Å². The highest BCUT2D eigenvalue weighted by molar-refractivity contribution is 5.90. The summed E-state index contributed by atoms with van der Waals surface area (Å²) in [5.74, 6) is -2.65. The van der Waals surface area contributed by atoms with Crippen LogP contribution in [0.15, 0.2) is 48.5 Å². The molecule has 0 aliphatic rings. The van der Waals surface area contributed by atoms with Gasteiger partial charge in [0.05, 0.1) is 5.56 Å². The highest BCUT2D eigenvalue weighted by Gasteiger charge is 2.15. The molecule has 0 aliphatic heterocycles. The predicted octanol–water partition coefficient (Wildman–Crippen LogP) is 7.48. The second kappa shape index (κ2) is 12.2. The summed E-state index contributed by atoms with van der Waals surface area (Å²) in [7, 11) is 0. The van der Waals surface area contributed by atoms with Gasteiger partial charge in [-0.3, -0.25) is 0 Å². The maximum absolute atomic E-state index is 14.5. The highest BCUT2D eigenvalue weighted by Crippen LogP contribution is 2.29. The van der Waals surface area contributed by atoms with Crippen LogP contribution in [0.1, 0.15) is 73.0 Å². The lowest BCUT2D eigenvalue weighted by atomic mass is 10.1. The Hall–Kier alpha value is -2.56. The SMILES string of the molecule is CCCCCC[C@H](F)COC(=O)c1ccc(C(F)=C(F)c2ccc(CC)cc2)cc1. The summed E-state index contributed by atoms with van der Waals surface area (Å²) in [6.45, 7) is 3.76. The van der Waals surface area contributed by atoms with E-state index in [9.17, 15) is 18.0 Å². The Morgan fingerprint density at radius 2 is 1.37 bits per heavy atom. The van der Waals surface area contributed by atoms with Crippen molar-refractivity contribution in [2.45, 2.75) is 58.5 Å². The molecule has 0 fully saturated rings. The molecule has 30 heavy (non-hydrogen) atoms. The van der Waals surface area contributed by atoms with Crippen LogP contribution in [0.5, 0.6) is 0 Å². The van der Waals surface area contributed by atoms with Crippen molar-refractivity contribution in [2.24, 2.45) is 0 Å². The maximum atomic E-state index is 14.5. The number of aryl methyl sites for hydroxylation is 1. The third-order valence-corrected chi connectivity index (χ3v) is 4.95. The number of alkyl halides is 1. The summed E-state index contributed by atoms with van der Waals surface area (Å²) >= 11 is 0. The van der Waals surface area contributed by atoms with Crippen molar-refractivity contribution in [3.63, 3.8) is 0 Å². The Kier molecular flexibility index (Phi) is 9.65. The van der Waals surface area contributed by atoms with Crippen LogP contribution in [0.2, 0.25) is 0 Å². The van der Waals surface area contributed by atoms with Gasteiger partial charge in [-0.05, 0) is 30.5 Å². The standard InChI is InChI=1S/C25H29F3O2/c1-3-5-6-7-8-22(26)17-30-25(29)21-15-13-20(14-16-21)24(28)23(27)19-11-9-18(4-2)10-12-19/h9-16,22H,3-8,17H2,1-2H3/t22-/m0/s1. The number of ether oxygens (including phenoxy) is 1. The van der Waals surface area contributed by atoms with Gasteiger partial charge >= 0.3 is 5.97 Å². The van der Waals surface area contributed by atoms with Gasteiger partial charge in [-0.2, -0.15) is 0 Å². The number of benzene rings is 2. The van der Waals surface area contributed by atoms with E-state index in [1.54, 1.807) is 12.1 Å². The number of carbonyl (C=O) groups excluding carboxylic acids is 1. The molecule has 0 spiro atoms. The first-order chi connectivity index (χ1) is 14.5. The van der Waals surface area contributed by atoms with E-state index in [-0.39, 0.29) is 23.3 Å². The summed E-state index contributed by atoms with van der Waals surface area (Å²) in [6, 6.07) is 11.9. The third kappa shape index (κ3) is 7.05. The second-order valence-corrected chi connectivity index (χ2v) is 7.30. The molecule has 0 heterocycles. The molecule has 1 atom stereocenters. The zero-order chi connectivity index (χ0) is 21.9.